The van der Waals surface area contributed by atoms with Gasteiger partial charge in [0.15, 0.2) is 0 Å². The van der Waals surface area contributed by atoms with Gasteiger partial charge in [0.05, 0.1) is 0 Å². The molecule has 3 nitrogen and oxygen atoms in total. The summed E-state index contributed by atoms with van der Waals surface area (Å²) in [7, 11) is -2.56. The molecule has 0 rings (SSSR count). The Morgan fingerprint density at radius 1 is 0.579 bits per heavy atom. The van der Waals surface area contributed by atoms with Gasteiger partial charge < -0.3 is 13.3 Å². The zero-order valence-electron chi connectivity index (χ0n) is 14.2. The Balaban J connectivity index is 4.77. The number of hydrogen-bond acceptors (Lipinski definition) is 3. The highest BCUT2D eigenvalue weighted by atomic mass is 28.4. The fourth-order valence-corrected chi connectivity index (χ4v) is 4.42. The molecule has 19 heavy (non-hydrogen) atoms. The minimum Gasteiger partial charge on any atom is -0.373 e. The lowest BCUT2D eigenvalue weighted by Gasteiger charge is -2.34. The van der Waals surface area contributed by atoms with Gasteiger partial charge in [0.25, 0.3) is 0 Å². The van der Waals surface area contributed by atoms with E-state index in [1.807, 2.05) is 0 Å². The summed E-state index contributed by atoms with van der Waals surface area (Å²) in [6.07, 6.45) is 0. The van der Waals surface area contributed by atoms with Crippen molar-refractivity contribution < 1.29 is 13.3 Å². The van der Waals surface area contributed by atoms with Gasteiger partial charge in [-0.25, -0.2) is 0 Å². The van der Waals surface area contributed by atoms with Crippen molar-refractivity contribution in [1.82, 2.24) is 0 Å². The van der Waals surface area contributed by atoms with Gasteiger partial charge in [0.1, 0.15) is 0 Å². The van der Waals surface area contributed by atoms with E-state index < -0.39 is 8.80 Å². The first-order valence-electron chi connectivity index (χ1n) is 7.61. The fourth-order valence-electron chi connectivity index (χ4n) is 1.47. The second-order valence-electron chi connectivity index (χ2n) is 6.87. The zero-order valence-corrected chi connectivity index (χ0v) is 15.2. The Morgan fingerprint density at radius 2 is 0.842 bits per heavy atom. The fraction of sp³-hybridized carbons (Fsp3) is 1.00. The van der Waals surface area contributed by atoms with Crippen LogP contribution in [0.3, 0.4) is 0 Å². The number of hydrogen-bond donors (Lipinski definition) is 0. The lowest BCUT2D eigenvalue weighted by Crippen LogP contribution is -2.50. The summed E-state index contributed by atoms with van der Waals surface area (Å²) in [6, 6.07) is 0. The predicted molar refractivity (Wildman–Crippen MR) is 83.2 cm³/mol. The average molecular weight is 291 g/mol. The average Bonchev–Trinajstić information content (AvgIpc) is 2.27. The van der Waals surface area contributed by atoms with Gasteiger partial charge in [-0.1, -0.05) is 55.4 Å². The molecule has 0 aromatic carbocycles. The van der Waals surface area contributed by atoms with Gasteiger partial charge in [-0.05, 0) is 17.8 Å². The smallest absolute Gasteiger partial charge is 0.373 e. The van der Waals surface area contributed by atoms with Gasteiger partial charge >= 0.3 is 8.80 Å². The van der Waals surface area contributed by atoms with E-state index in [4.69, 9.17) is 13.3 Å². The Bertz CT molecular complexity index is 196. The van der Waals surface area contributed by atoms with Crippen molar-refractivity contribution in [1.29, 1.82) is 0 Å². The maximum absolute atomic E-state index is 6.15. The molecule has 0 saturated heterocycles. The van der Waals surface area contributed by atoms with E-state index >= 15 is 0 Å². The molecule has 0 spiro atoms. The molecule has 0 aromatic rings. The molecule has 0 aliphatic rings. The van der Waals surface area contributed by atoms with Crippen molar-refractivity contribution in [2.24, 2.45) is 17.8 Å². The molecule has 0 atom stereocenters. The molecule has 0 bridgehead atoms. The van der Waals surface area contributed by atoms with E-state index in [-0.39, 0.29) is 0 Å². The van der Waals surface area contributed by atoms with E-state index in [1.165, 1.54) is 0 Å². The van der Waals surface area contributed by atoms with Crippen LogP contribution in [0.15, 0.2) is 0 Å². The summed E-state index contributed by atoms with van der Waals surface area (Å²) in [5, 5.41) is 0. The standard InChI is InChI=1S/C15H34O3Si/c1-12(2)9-16-19(15(7)8,17-10-13(3)4)18-11-14(5)6/h12-15H,9-11H2,1-8H3. The molecule has 0 unspecified atom stereocenters. The van der Waals surface area contributed by atoms with Crippen LogP contribution in [-0.4, -0.2) is 28.6 Å². The first-order chi connectivity index (χ1) is 8.69. The third-order valence-corrected chi connectivity index (χ3v) is 5.68. The molecule has 116 valence electrons. The summed E-state index contributed by atoms with van der Waals surface area (Å²) < 4.78 is 18.4. The molecule has 0 aromatic heterocycles. The molecule has 0 saturated carbocycles. The van der Waals surface area contributed by atoms with Crippen molar-refractivity contribution in [3.63, 3.8) is 0 Å². The van der Waals surface area contributed by atoms with Gasteiger partial charge in [0.2, 0.25) is 0 Å². The van der Waals surface area contributed by atoms with E-state index in [0.29, 0.717) is 43.1 Å². The van der Waals surface area contributed by atoms with Crippen molar-refractivity contribution in [3.05, 3.63) is 0 Å². The first kappa shape index (κ1) is 19.1. The maximum Gasteiger partial charge on any atom is 0.503 e. The third kappa shape index (κ3) is 8.08. The number of rotatable bonds is 10. The third-order valence-electron chi connectivity index (χ3n) is 2.56. The maximum atomic E-state index is 6.15. The van der Waals surface area contributed by atoms with Crippen LogP contribution < -0.4 is 0 Å². The Morgan fingerprint density at radius 3 is 1.00 bits per heavy atom. The summed E-state index contributed by atoms with van der Waals surface area (Å²) in [4.78, 5) is 0. The molecule has 0 fully saturated rings. The molecule has 0 aliphatic heterocycles. The molecular formula is C15H34O3Si. The Kier molecular flexibility index (Phi) is 9.16. The summed E-state index contributed by atoms with van der Waals surface area (Å²) in [5.74, 6) is 1.49. The van der Waals surface area contributed by atoms with Crippen LogP contribution in [0.1, 0.15) is 55.4 Å². The normalized spacial score (nSPS) is 13.3. The van der Waals surface area contributed by atoms with Crippen LogP contribution in [-0.2, 0) is 13.3 Å². The molecule has 4 heteroatoms. The lowest BCUT2D eigenvalue weighted by molar-refractivity contribution is 0.0306. The topological polar surface area (TPSA) is 27.7 Å². The van der Waals surface area contributed by atoms with Crippen molar-refractivity contribution in [2.75, 3.05) is 19.8 Å². The van der Waals surface area contributed by atoms with Crippen molar-refractivity contribution >= 4 is 8.80 Å². The van der Waals surface area contributed by atoms with E-state index in [9.17, 15) is 0 Å². The second kappa shape index (κ2) is 9.11. The minimum atomic E-state index is -2.56. The Labute approximate surface area is 121 Å². The Hall–Kier alpha value is 0.0969. The van der Waals surface area contributed by atoms with Crippen LogP contribution in [0, 0.1) is 17.8 Å². The van der Waals surface area contributed by atoms with Crippen molar-refractivity contribution in [3.8, 4) is 0 Å². The van der Waals surface area contributed by atoms with Crippen LogP contribution in [0.4, 0.5) is 0 Å². The molecule has 0 aliphatic carbocycles. The van der Waals surface area contributed by atoms with E-state index in [1.54, 1.807) is 0 Å². The van der Waals surface area contributed by atoms with E-state index in [2.05, 4.69) is 55.4 Å². The second-order valence-corrected chi connectivity index (χ2v) is 10.1. The van der Waals surface area contributed by atoms with Gasteiger partial charge in [0, 0.05) is 25.4 Å². The first-order valence-corrected chi connectivity index (χ1v) is 9.41. The highest BCUT2D eigenvalue weighted by Crippen LogP contribution is 2.27. The van der Waals surface area contributed by atoms with Crippen molar-refractivity contribution in [2.45, 2.75) is 60.9 Å². The lowest BCUT2D eigenvalue weighted by atomic mass is 10.2. The van der Waals surface area contributed by atoms with Crippen LogP contribution in [0.5, 0.6) is 0 Å². The monoisotopic (exact) mass is 290 g/mol. The molecular weight excluding hydrogens is 256 g/mol. The van der Waals surface area contributed by atoms with Gasteiger partial charge in [-0.3, -0.25) is 0 Å². The zero-order chi connectivity index (χ0) is 15.1. The quantitative estimate of drug-likeness (QED) is 0.560. The highest BCUT2D eigenvalue weighted by molar-refractivity contribution is 6.62. The summed E-state index contributed by atoms with van der Waals surface area (Å²) in [6.45, 7) is 19.4. The SMILES string of the molecule is CC(C)CO[Si](OCC(C)C)(OCC(C)C)C(C)C. The largest absolute Gasteiger partial charge is 0.503 e. The van der Waals surface area contributed by atoms with Crippen LogP contribution >= 0.6 is 0 Å². The molecule has 0 radical (unpaired) electrons. The predicted octanol–water partition coefficient (Wildman–Crippen LogP) is 4.35. The van der Waals surface area contributed by atoms with Crippen LogP contribution in [0.25, 0.3) is 0 Å². The van der Waals surface area contributed by atoms with Crippen LogP contribution in [0.2, 0.25) is 5.54 Å². The minimum absolute atomic E-state index is 0.295. The molecule has 0 amide bonds. The summed E-state index contributed by atoms with van der Waals surface area (Å²) >= 11 is 0. The van der Waals surface area contributed by atoms with Gasteiger partial charge in [-0.2, -0.15) is 0 Å². The van der Waals surface area contributed by atoms with E-state index in [0.717, 1.165) is 0 Å². The molecule has 0 N–H and O–H groups in total. The van der Waals surface area contributed by atoms with Gasteiger partial charge in [-0.15, -0.1) is 0 Å². The molecule has 0 heterocycles. The summed E-state index contributed by atoms with van der Waals surface area (Å²) in [5.41, 5.74) is 0.295. The highest BCUT2D eigenvalue weighted by Gasteiger charge is 2.45.